The molecule has 1 spiro atoms. The number of methoxy groups -OCH3 is 1. The van der Waals surface area contributed by atoms with Crippen LogP contribution in [0.4, 0.5) is 4.79 Å². The summed E-state index contributed by atoms with van der Waals surface area (Å²) < 4.78 is 42.5. The summed E-state index contributed by atoms with van der Waals surface area (Å²) in [5.74, 6) is -5.40. The van der Waals surface area contributed by atoms with Crippen LogP contribution in [0.3, 0.4) is 0 Å². The number of ether oxygens (including phenoxy) is 7. The molecule has 0 aromatic rings. The highest BCUT2D eigenvalue weighted by Crippen LogP contribution is 2.61. The van der Waals surface area contributed by atoms with Crippen LogP contribution in [0, 0.1) is 51.0 Å². The second kappa shape index (κ2) is 18.5. The van der Waals surface area contributed by atoms with E-state index in [2.05, 4.69) is 25.2 Å². The van der Waals surface area contributed by atoms with Crippen LogP contribution in [-0.4, -0.2) is 108 Å². The van der Waals surface area contributed by atoms with E-state index in [0.717, 1.165) is 38.4 Å². The molecular weight excluding hydrogens is 845 g/mol. The van der Waals surface area contributed by atoms with Gasteiger partial charge in [-0.15, -0.1) is 0 Å². The Hall–Kier alpha value is -4.71. The smallest absolute Gasteiger partial charge is 0.407 e. The molecule has 2 bridgehead atoms. The average Bonchev–Trinajstić information content (AvgIpc) is 3.49. The van der Waals surface area contributed by atoms with Crippen LogP contribution < -0.4 is 5.32 Å². The Morgan fingerprint density at radius 3 is 2.42 bits per heavy atom. The van der Waals surface area contributed by atoms with Crippen molar-refractivity contribution in [3.05, 3.63) is 68.5 Å². The number of carbonyl (C=O) groups is 5. The molecule has 17 heteroatoms. The van der Waals surface area contributed by atoms with Crippen LogP contribution >= 0.6 is 0 Å². The maximum absolute atomic E-state index is 15.4. The van der Waals surface area contributed by atoms with Gasteiger partial charge >= 0.3 is 18.0 Å². The number of aliphatic hydroxyl groups excluding tert-OH is 1. The molecule has 1 amide bonds. The number of amides is 1. The molecule has 3 heterocycles. The normalized spacial score (nSPS) is 44.6. The number of hydrogen-bond acceptors (Lipinski definition) is 15. The minimum Gasteiger partial charge on any atom is -0.511 e. The molecule has 2 unspecified atom stereocenters. The lowest BCUT2D eigenvalue weighted by atomic mass is 9.49. The quantitative estimate of drug-likeness (QED) is 0.0516. The van der Waals surface area contributed by atoms with Gasteiger partial charge in [0.25, 0.3) is 0 Å². The zero-order chi connectivity index (χ0) is 47.3. The number of nitro groups is 1. The molecule has 7 rings (SSSR count). The maximum Gasteiger partial charge on any atom is 0.407 e. The second-order valence-electron chi connectivity index (χ2n) is 19.7. The molecule has 65 heavy (non-hydrogen) atoms. The number of esters is 2. The number of alkyl carbamates (subject to hydrolysis) is 1. The summed E-state index contributed by atoms with van der Waals surface area (Å²) in [5, 5.41) is 28.3. The van der Waals surface area contributed by atoms with Gasteiger partial charge < -0.3 is 43.6 Å². The van der Waals surface area contributed by atoms with E-state index in [9.17, 15) is 34.4 Å². The summed E-state index contributed by atoms with van der Waals surface area (Å²) in [6, 6.07) is -1.09. The number of nitrogens with zero attached hydrogens (tertiary/aromatic N) is 1. The number of fused-ring (bicyclic) bond motifs is 4. The van der Waals surface area contributed by atoms with Crippen molar-refractivity contribution < 1.29 is 67.2 Å². The third-order valence-corrected chi connectivity index (χ3v) is 15.4. The minimum absolute atomic E-state index is 0.0356. The van der Waals surface area contributed by atoms with Crippen molar-refractivity contribution in [1.82, 2.24) is 5.32 Å². The number of hydrogen-bond donors (Lipinski definition) is 2. The molecule has 3 aliphatic heterocycles. The van der Waals surface area contributed by atoms with Gasteiger partial charge in [0.1, 0.15) is 29.8 Å². The first-order valence-corrected chi connectivity index (χ1v) is 22.8. The standard InChI is InChI=1S/C48H64N2O15/c1-24-13-16-34(63-37-22-46(7,50(57)58)41(28(5)61-37)49-45(56)59-9)25(2)19-33-35(62-29(6)52)20-30(23-51)21-48(33)43(54)38(44(55)65-48)42(53)47(8)32(24)15-14-31-39(47)26(3)18-27(4)40(31)64-36-12-10-11-17-60-36/h13-15,19-20,23,26-28,31-37,39-41,53H,10-12,16-18,21-22H2,1-9H3,(H,49,56)/b24-13+,25-19-,42-38+/t26-,27-,28-,31-,32-,33+,34-,35-,36-,37-,39+,40-,41?,46?,47+,48-/m0/s1. The molecular formula is C48H64N2O15. The molecule has 4 fully saturated rings. The summed E-state index contributed by atoms with van der Waals surface area (Å²) in [6.07, 6.45) is 6.77. The number of rotatable bonds is 8. The van der Waals surface area contributed by atoms with E-state index in [0.29, 0.717) is 18.5 Å². The Morgan fingerprint density at radius 1 is 1.03 bits per heavy atom. The Balaban J connectivity index is 1.39. The summed E-state index contributed by atoms with van der Waals surface area (Å²) in [5.41, 5.74) is -4.39. The van der Waals surface area contributed by atoms with Crippen molar-refractivity contribution in [2.24, 2.45) is 40.9 Å². The van der Waals surface area contributed by atoms with Gasteiger partial charge in [-0.2, -0.15) is 0 Å². The first-order valence-electron chi connectivity index (χ1n) is 22.8. The van der Waals surface area contributed by atoms with Crippen molar-refractivity contribution in [2.45, 2.75) is 155 Å². The van der Waals surface area contributed by atoms with E-state index in [1.807, 2.05) is 26.0 Å². The fourth-order valence-electron chi connectivity index (χ4n) is 12.3. The lowest BCUT2D eigenvalue weighted by Crippen LogP contribution is -2.65. The van der Waals surface area contributed by atoms with E-state index in [-0.39, 0.29) is 60.9 Å². The Bertz CT molecular complexity index is 2100. The SMILES string of the molecule is COC(=O)NC1[C@H](C)O[C@@H](O[C@H]2C/C=C(\C)[C@@H]3C=C[C@@H]4[C@@H](O[C@H]5CCCCO5)[C@@H](C)C[C@H](C)[C@H]4[C@]3(C)/C(O)=C3\C(=O)O[C@]4(CC(C=O)=C[C@H](OC(C)=O)[C@H]4/C=C\2C)C3=O)CC1(C)[N+](=O)[O-]. The first-order chi connectivity index (χ1) is 30.7. The second-order valence-corrected chi connectivity index (χ2v) is 19.7. The minimum atomic E-state index is -2.13. The van der Waals surface area contributed by atoms with E-state index < -0.39 is 99.1 Å². The topological polar surface area (TPSA) is 225 Å². The molecule has 2 N–H and O–H groups in total. The van der Waals surface area contributed by atoms with Crippen LogP contribution in [-0.2, 0) is 52.3 Å². The third kappa shape index (κ3) is 8.62. The largest absolute Gasteiger partial charge is 0.511 e. The molecule has 356 valence electrons. The molecule has 17 nitrogen and oxygen atoms in total. The zero-order valence-electron chi connectivity index (χ0n) is 38.7. The van der Waals surface area contributed by atoms with Crippen molar-refractivity contribution in [3.63, 3.8) is 0 Å². The highest BCUT2D eigenvalue weighted by Gasteiger charge is 2.65. The third-order valence-electron chi connectivity index (χ3n) is 15.4. The molecule has 0 radical (unpaired) electrons. The van der Waals surface area contributed by atoms with Gasteiger partial charge in [0, 0.05) is 49.0 Å². The Morgan fingerprint density at radius 2 is 1.77 bits per heavy atom. The van der Waals surface area contributed by atoms with Crippen LogP contribution in [0.15, 0.2) is 58.4 Å². The van der Waals surface area contributed by atoms with E-state index in [1.54, 1.807) is 19.9 Å². The van der Waals surface area contributed by atoms with Gasteiger partial charge in [0.05, 0.1) is 37.8 Å². The number of nitrogens with one attached hydrogen (secondary N) is 1. The van der Waals surface area contributed by atoms with E-state index in [4.69, 9.17) is 33.2 Å². The summed E-state index contributed by atoms with van der Waals surface area (Å²) in [4.78, 5) is 79.7. The number of ketones is 1. The van der Waals surface area contributed by atoms with Gasteiger partial charge in [-0.25, -0.2) is 9.59 Å². The van der Waals surface area contributed by atoms with Gasteiger partial charge in [0.15, 0.2) is 18.2 Å². The van der Waals surface area contributed by atoms with Gasteiger partial charge in [-0.3, -0.25) is 24.5 Å². The van der Waals surface area contributed by atoms with Crippen LogP contribution in [0.5, 0.6) is 0 Å². The number of carbonyl (C=O) groups excluding carboxylic acids is 5. The highest BCUT2D eigenvalue weighted by molar-refractivity contribution is 6.26. The number of aliphatic hydroxyl groups is 1. The fourth-order valence-corrected chi connectivity index (χ4v) is 12.3. The van der Waals surface area contributed by atoms with Crippen LogP contribution in [0.2, 0.25) is 0 Å². The highest BCUT2D eigenvalue weighted by atomic mass is 16.7. The van der Waals surface area contributed by atoms with Gasteiger partial charge in [0.2, 0.25) is 11.3 Å². The lowest BCUT2D eigenvalue weighted by molar-refractivity contribution is -0.584. The predicted octanol–water partition coefficient (Wildman–Crippen LogP) is 6.33. The Kier molecular flexibility index (Phi) is 13.7. The zero-order valence-corrected chi connectivity index (χ0v) is 38.7. The monoisotopic (exact) mass is 908 g/mol. The molecule has 0 aromatic carbocycles. The average molecular weight is 909 g/mol. The van der Waals surface area contributed by atoms with Crippen LogP contribution in [0.25, 0.3) is 0 Å². The molecule has 7 aliphatic rings. The lowest BCUT2D eigenvalue weighted by Gasteiger charge is -2.56. The maximum atomic E-state index is 15.4. The van der Waals surface area contributed by atoms with Crippen molar-refractivity contribution in [3.8, 4) is 0 Å². The predicted molar refractivity (Wildman–Crippen MR) is 231 cm³/mol. The molecule has 1 saturated carbocycles. The van der Waals surface area contributed by atoms with Crippen molar-refractivity contribution >= 4 is 30.1 Å². The summed E-state index contributed by atoms with van der Waals surface area (Å²) in [7, 11) is 1.16. The van der Waals surface area contributed by atoms with Crippen LogP contribution in [0.1, 0.15) is 100 Å². The number of aldehydes is 1. The summed E-state index contributed by atoms with van der Waals surface area (Å²) in [6.45, 7) is 14.6. The van der Waals surface area contributed by atoms with Gasteiger partial charge in [-0.05, 0) is 87.9 Å². The molecule has 0 aromatic heterocycles. The van der Waals surface area contributed by atoms with E-state index >= 15 is 4.79 Å². The van der Waals surface area contributed by atoms with Crippen molar-refractivity contribution in [2.75, 3.05) is 13.7 Å². The number of allylic oxidation sites excluding steroid dienone is 3. The molecule has 4 aliphatic carbocycles. The van der Waals surface area contributed by atoms with E-state index in [1.165, 1.54) is 19.9 Å². The molecule has 16 atom stereocenters. The summed E-state index contributed by atoms with van der Waals surface area (Å²) >= 11 is 0. The number of Topliss-reactive ketones (excluding diaryl/α,β-unsaturated/α-hetero) is 1. The first kappa shape index (κ1) is 48.2. The molecule has 3 saturated heterocycles. The Labute approximate surface area is 379 Å². The van der Waals surface area contributed by atoms with Gasteiger partial charge in [-0.1, -0.05) is 50.6 Å². The fraction of sp³-hybridized carbons (Fsp3) is 0.688. The van der Waals surface area contributed by atoms with Crippen molar-refractivity contribution in [1.29, 1.82) is 0 Å².